The smallest absolute Gasteiger partial charge is 0.131 e. The summed E-state index contributed by atoms with van der Waals surface area (Å²) in [5.41, 5.74) is 2.72. The standard InChI is InChI=1S/C14H16N2O/c1-9(2)14-15-10(3)7-13(16-14)11-5-4-6-12(17)8-11/h4-9,17H,1-3H3. The van der Waals surface area contributed by atoms with E-state index >= 15 is 0 Å². The molecule has 0 aliphatic heterocycles. The number of aromatic nitrogens is 2. The van der Waals surface area contributed by atoms with Gasteiger partial charge in [0.2, 0.25) is 0 Å². The molecule has 0 amide bonds. The number of rotatable bonds is 2. The van der Waals surface area contributed by atoms with Gasteiger partial charge < -0.3 is 5.11 Å². The number of phenolic OH excluding ortho intramolecular Hbond substituents is 1. The number of aryl methyl sites for hydroxylation is 1. The van der Waals surface area contributed by atoms with Gasteiger partial charge in [0.1, 0.15) is 11.6 Å². The van der Waals surface area contributed by atoms with Gasteiger partial charge in [0, 0.05) is 17.2 Å². The summed E-state index contributed by atoms with van der Waals surface area (Å²) in [6, 6.07) is 9.05. The van der Waals surface area contributed by atoms with Gasteiger partial charge in [-0.15, -0.1) is 0 Å². The average Bonchev–Trinajstić information content (AvgIpc) is 2.28. The maximum Gasteiger partial charge on any atom is 0.131 e. The number of aromatic hydroxyl groups is 1. The quantitative estimate of drug-likeness (QED) is 0.858. The fraction of sp³-hybridized carbons (Fsp3) is 0.286. The predicted octanol–water partition coefficient (Wildman–Crippen LogP) is 3.28. The summed E-state index contributed by atoms with van der Waals surface area (Å²) in [6.45, 7) is 6.10. The second-order valence-electron chi connectivity index (χ2n) is 4.46. The minimum absolute atomic E-state index is 0.255. The molecule has 1 heterocycles. The molecule has 1 aromatic heterocycles. The first-order valence-corrected chi connectivity index (χ1v) is 5.71. The molecule has 3 heteroatoms. The van der Waals surface area contributed by atoms with Crippen LogP contribution in [0.25, 0.3) is 11.3 Å². The highest BCUT2D eigenvalue weighted by atomic mass is 16.3. The van der Waals surface area contributed by atoms with E-state index < -0.39 is 0 Å². The first-order valence-electron chi connectivity index (χ1n) is 5.71. The zero-order chi connectivity index (χ0) is 12.4. The van der Waals surface area contributed by atoms with E-state index in [1.54, 1.807) is 12.1 Å². The third-order valence-corrected chi connectivity index (χ3v) is 2.53. The topological polar surface area (TPSA) is 46.0 Å². The lowest BCUT2D eigenvalue weighted by Gasteiger charge is -2.08. The van der Waals surface area contributed by atoms with Crippen LogP contribution in [0.2, 0.25) is 0 Å². The van der Waals surface area contributed by atoms with Crippen LogP contribution in [-0.2, 0) is 0 Å². The number of nitrogens with zero attached hydrogens (tertiary/aromatic N) is 2. The Balaban J connectivity index is 2.52. The molecule has 0 saturated heterocycles. The van der Waals surface area contributed by atoms with Crippen molar-refractivity contribution >= 4 is 0 Å². The van der Waals surface area contributed by atoms with Crippen LogP contribution in [0.5, 0.6) is 5.75 Å². The number of phenols is 1. The van der Waals surface area contributed by atoms with Crippen LogP contribution in [0.15, 0.2) is 30.3 Å². The molecular weight excluding hydrogens is 212 g/mol. The normalized spacial score (nSPS) is 10.8. The van der Waals surface area contributed by atoms with E-state index in [9.17, 15) is 5.11 Å². The SMILES string of the molecule is Cc1cc(-c2cccc(O)c2)nc(C(C)C)n1. The second-order valence-corrected chi connectivity index (χ2v) is 4.46. The Morgan fingerprint density at radius 2 is 1.88 bits per heavy atom. The Bertz CT molecular complexity index is 535. The van der Waals surface area contributed by atoms with E-state index in [2.05, 4.69) is 23.8 Å². The van der Waals surface area contributed by atoms with E-state index in [-0.39, 0.29) is 5.75 Å². The zero-order valence-corrected chi connectivity index (χ0v) is 10.3. The molecule has 0 aliphatic rings. The van der Waals surface area contributed by atoms with Gasteiger partial charge >= 0.3 is 0 Å². The molecule has 0 saturated carbocycles. The molecule has 0 radical (unpaired) electrons. The zero-order valence-electron chi connectivity index (χ0n) is 10.3. The van der Waals surface area contributed by atoms with Gasteiger partial charge in [-0.25, -0.2) is 9.97 Å². The van der Waals surface area contributed by atoms with Gasteiger partial charge in [-0.05, 0) is 25.1 Å². The van der Waals surface area contributed by atoms with Gasteiger partial charge in [-0.3, -0.25) is 0 Å². The molecule has 2 aromatic rings. The first-order chi connectivity index (χ1) is 8.06. The van der Waals surface area contributed by atoms with Gasteiger partial charge in [0.15, 0.2) is 0 Å². The molecule has 2 rings (SSSR count). The Labute approximate surface area is 101 Å². The van der Waals surface area contributed by atoms with Crippen molar-refractivity contribution in [1.29, 1.82) is 0 Å². The Morgan fingerprint density at radius 3 is 2.53 bits per heavy atom. The summed E-state index contributed by atoms with van der Waals surface area (Å²) >= 11 is 0. The van der Waals surface area contributed by atoms with Crippen molar-refractivity contribution in [3.8, 4) is 17.0 Å². The highest BCUT2D eigenvalue weighted by Gasteiger charge is 2.08. The van der Waals surface area contributed by atoms with Crippen molar-refractivity contribution in [1.82, 2.24) is 9.97 Å². The summed E-state index contributed by atoms with van der Waals surface area (Å²) in [4.78, 5) is 8.93. The van der Waals surface area contributed by atoms with Crippen LogP contribution in [0.1, 0.15) is 31.3 Å². The van der Waals surface area contributed by atoms with Crippen molar-refractivity contribution in [2.24, 2.45) is 0 Å². The van der Waals surface area contributed by atoms with Crippen molar-refractivity contribution in [2.75, 3.05) is 0 Å². The van der Waals surface area contributed by atoms with Crippen molar-refractivity contribution < 1.29 is 5.11 Å². The molecule has 17 heavy (non-hydrogen) atoms. The number of benzene rings is 1. The third-order valence-electron chi connectivity index (χ3n) is 2.53. The minimum atomic E-state index is 0.255. The van der Waals surface area contributed by atoms with Crippen LogP contribution in [-0.4, -0.2) is 15.1 Å². The summed E-state index contributed by atoms with van der Waals surface area (Å²) < 4.78 is 0. The Hall–Kier alpha value is -1.90. The summed E-state index contributed by atoms with van der Waals surface area (Å²) in [5, 5.41) is 9.48. The first kappa shape index (κ1) is 11.6. The molecule has 0 unspecified atom stereocenters. The van der Waals surface area contributed by atoms with E-state index in [1.807, 2.05) is 25.1 Å². The second kappa shape index (κ2) is 4.53. The molecule has 88 valence electrons. The molecule has 0 aliphatic carbocycles. The van der Waals surface area contributed by atoms with Gasteiger partial charge in [-0.2, -0.15) is 0 Å². The molecule has 0 fully saturated rings. The predicted molar refractivity (Wildman–Crippen MR) is 68.0 cm³/mol. The lowest BCUT2D eigenvalue weighted by Crippen LogP contribution is -2.00. The van der Waals surface area contributed by atoms with Crippen molar-refractivity contribution in [3.63, 3.8) is 0 Å². The molecule has 0 atom stereocenters. The van der Waals surface area contributed by atoms with Gasteiger partial charge in [0.05, 0.1) is 5.69 Å². The molecule has 0 bridgehead atoms. The maximum absolute atomic E-state index is 9.48. The molecule has 1 aromatic carbocycles. The van der Waals surface area contributed by atoms with Crippen LogP contribution >= 0.6 is 0 Å². The lowest BCUT2D eigenvalue weighted by molar-refractivity contribution is 0.475. The van der Waals surface area contributed by atoms with E-state index in [1.165, 1.54) is 0 Å². The lowest BCUT2D eigenvalue weighted by atomic mass is 10.1. The third kappa shape index (κ3) is 2.61. The fourth-order valence-electron chi connectivity index (χ4n) is 1.66. The Kier molecular flexibility index (Phi) is 3.09. The highest BCUT2D eigenvalue weighted by Crippen LogP contribution is 2.23. The summed E-state index contributed by atoms with van der Waals surface area (Å²) in [6.07, 6.45) is 0. The van der Waals surface area contributed by atoms with Gasteiger partial charge in [-0.1, -0.05) is 26.0 Å². The maximum atomic E-state index is 9.48. The molecule has 1 N–H and O–H groups in total. The molecular formula is C14H16N2O. The minimum Gasteiger partial charge on any atom is -0.508 e. The van der Waals surface area contributed by atoms with Crippen LogP contribution in [0, 0.1) is 6.92 Å². The summed E-state index contributed by atoms with van der Waals surface area (Å²) in [7, 11) is 0. The van der Waals surface area contributed by atoms with Crippen LogP contribution in [0.4, 0.5) is 0 Å². The number of hydrogen-bond donors (Lipinski definition) is 1. The number of hydrogen-bond acceptors (Lipinski definition) is 3. The average molecular weight is 228 g/mol. The molecule has 3 nitrogen and oxygen atoms in total. The van der Waals surface area contributed by atoms with E-state index in [0.717, 1.165) is 22.8 Å². The molecule has 0 spiro atoms. The monoisotopic (exact) mass is 228 g/mol. The van der Waals surface area contributed by atoms with Crippen LogP contribution < -0.4 is 0 Å². The Morgan fingerprint density at radius 1 is 1.12 bits per heavy atom. The van der Waals surface area contributed by atoms with E-state index in [4.69, 9.17) is 0 Å². The van der Waals surface area contributed by atoms with Crippen molar-refractivity contribution in [2.45, 2.75) is 26.7 Å². The van der Waals surface area contributed by atoms with Crippen LogP contribution in [0.3, 0.4) is 0 Å². The fourth-order valence-corrected chi connectivity index (χ4v) is 1.66. The highest BCUT2D eigenvalue weighted by molar-refractivity contribution is 5.61. The largest absolute Gasteiger partial charge is 0.508 e. The van der Waals surface area contributed by atoms with E-state index in [0.29, 0.717) is 5.92 Å². The summed E-state index contributed by atoms with van der Waals surface area (Å²) in [5.74, 6) is 1.39. The van der Waals surface area contributed by atoms with Gasteiger partial charge in [0.25, 0.3) is 0 Å². The van der Waals surface area contributed by atoms with Crippen molar-refractivity contribution in [3.05, 3.63) is 41.9 Å².